The van der Waals surface area contributed by atoms with Crippen molar-refractivity contribution < 1.29 is 4.74 Å². The zero-order valence-corrected chi connectivity index (χ0v) is 12.1. The number of aromatic nitrogens is 2. The fraction of sp³-hybridized carbons (Fsp3) is 0.133. The average molecular weight is 317 g/mol. The highest BCUT2D eigenvalue weighted by Gasteiger charge is 2.04. The molecule has 1 aromatic heterocycles. The van der Waals surface area contributed by atoms with Crippen LogP contribution in [0, 0.1) is 0 Å². The van der Waals surface area contributed by atoms with Gasteiger partial charge in [0.05, 0.1) is 19.2 Å². The second-order valence-corrected chi connectivity index (χ2v) is 5.21. The Labute approximate surface area is 119 Å². The number of rotatable bonds is 3. The highest BCUT2D eigenvalue weighted by Crippen LogP contribution is 2.23. The first-order chi connectivity index (χ1) is 9.26. The quantitative estimate of drug-likeness (QED) is 0.733. The van der Waals surface area contributed by atoms with Crippen LogP contribution in [0.15, 0.2) is 53.1 Å². The van der Waals surface area contributed by atoms with E-state index in [0.717, 1.165) is 27.7 Å². The normalized spacial score (nSPS) is 10.8. The fourth-order valence-electron chi connectivity index (χ4n) is 2.10. The van der Waals surface area contributed by atoms with Gasteiger partial charge in [0.2, 0.25) is 0 Å². The maximum atomic E-state index is 5.23. The van der Waals surface area contributed by atoms with Crippen molar-refractivity contribution >= 4 is 26.8 Å². The molecule has 0 aliphatic rings. The third-order valence-corrected chi connectivity index (χ3v) is 3.71. The zero-order chi connectivity index (χ0) is 13.2. The maximum absolute atomic E-state index is 5.23. The van der Waals surface area contributed by atoms with Crippen LogP contribution in [0.25, 0.3) is 10.9 Å². The molecule has 0 amide bonds. The number of methoxy groups -OCH3 is 1. The summed E-state index contributed by atoms with van der Waals surface area (Å²) in [6, 6.07) is 14.1. The van der Waals surface area contributed by atoms with E-state index in [-0.39, 0.29) is 0 Å². The highest BCUT2D eigenvalue weighted by molar-refractivity contribution is 9.10. The van der Waals surface area contributed by atoms with Gasteiger partial charge in [0.1, 0.15) is 5.75 Å². The van der Waals surface area contributed by atoms with Gasteiger partial charge in [-0.3, -0.25) is 4.68 Å². The molecule has 0 saturated carbocycles. The predicted molar refractivity (Wildman–Crippen MR) is 79.5 cm³/mol. The Morgan fingerprint density at radius 2 is 2.05 bits per heavy atom. The molecule has 0 atom stereocenters. The molecule has 2 aromatic carbocycles. The number of fused-ring (bicyclic) bond motifs is 1. The first-order valence-electron chi connectivity index (χ1n) is 6.01. The molecule has 0 radical (unpaired) electrons. The van der Waals surface area contributed by atoms with Crippen LogP contribution in [-0.4, -0.2) is 16.9 Å². The molecule has 0 fully saturated rings. The van der Waals surface area contributed by atoms with Gasteiger partial charge in [0.25, 0.3) is 0 Å². The molecule has 96 valence electrons. The highest BCUT2D eigenvalue weighted by atomic mass is 79.9. The van der Waals surface area contributed by atoms with E-state index >= 15 is 0 Å². The molecule has 3 rings (SSSR count). The number of halogens is 1. The van der Waals surface area contributed by atoms with Gasteiger partial charge >= 0.3 is 0 Å². The first kappa shape index (κ1) is 12.2. The molecule has 3 aromatic rings. The molecule has 0 unspecified atom stereocenters. The molecule has 1 heterocycles. The summed E-state index contributed by atoms with van der Waals surface area (Å²) in [6.07, 6.45) is 2.05. The first-order valence-corrected chi connectivity index (χ1v) is 6.80. The fourth-order valence-corrected chi connectivity index (χ4v) is 2.55. The third kappa shape index (κ3) is 2.49. The molecule has 0 spiro atoms. The number of ether oxygens (including phenoxy) is 1. The van der Waals surface area contributed by atoms with E-state index in [4.69, 9.17) is 4.74 Å². The molecule has 0 bridgehead atoms. The van der Waals surface area contributed by atoms with Crippen molar-refractivity contribution in [3.63, 3.8) is 0 Å². The Morgan fingerprint density at radius 3 is 2.84 bits per heavy atom. The van der Waals surface area contributed by atoms with Crippen molar-refractivity contribution in [2.75, 3.05) is 7.11 Å². The van der Waals surface area contributed by atoms with Gasteiger partial charge < -0.3 is 4.74 Å². The van der Waals surface area contributed by atoms with Crippen LogP contribution in [0.1, 0.15) is 5.56 Å². The van der Waals surface area contributed by atoms with E-state index in [1.54, 1.807) is 7.11 Å². The summed E-state index contributed by atoms with van der Waals surface area (Å²) in [5.41, 5.74) is 2.17. The van der Waals surface area contributed by atoms with E-state index in [1.807, 2.05) is 41.1 Å². The minimum absolute atomic E-state index is 0.734. The van der Waals surface area contributed by atoms with Crippen molar-refractivity contribution in [2.24, 2.45) is 0 Å². The Bertz CT molecular complexity index is 721. The molecular weight excluding hydrogens is 304 g/mol. The van der Waals surface area contributed by atoms with Crippen molar-refractivity contribution in [3.05, 3.63) is 58.7 Å². The van der Waals surface area contributed by atoms with E-state index in [9.17, 15) is 0 Å². The minimum atomic E-state index is 0.734. The van der Waals surface area contributed by atoms with E-state index in [1.165, 1.54) is 5.56 Å². The summed E-state index contributed by atoms with van der Waals surface area (Å²) < 4.78 is 8.25. The Hall–Kier alpha value is -1.81. The number of nitrogens with zero attached hydrogens (tertiary/aromatic N) is 2. The van der Waals surface area contributed by atoms with Gasteiger partial charge in [-0.25, -0.2) is 0 Å². The summed E-state index contributed by atoms with van der Waals surface area (Å²) in [4.78, 5) is 0. The van der Waals surface area contributed by atoms with Gasteiger partial charge in [-0.2, -0.15) is 5.10 Å². The number of benzene rings is 2. The van der Waals surface area contributed by atoms with Crippen molar-refractivity contribution in [2.45, 2.75) is 6.54 Å². The minimum Gasteiger partial charge on any atom is -0.497 e. The summed E-state index contributed by atoms with van der Waals surface area (Å²) in [7, 11) is 1.68. The van der Waals surface area contributed by atoms with Gasteiger partial charge in [-0.1, -0.05) is 34.1 Å². The van der Waals surface area contributed by atoms with Crippen LogP contribution in [0.2, 0.25) is 0 Å². The van der Waals surface area contributed by atoms with Crippen molar-refractivity contribution in [1.82, 2.24) is 9.78 Å². The Balaban J connectivity index is 1.94. The SMILES string of the molecule is COc1cccc(Cn2cc3c(Br)cccc3n2)c1. The smallest absolute Gasteiger partial charge is 0.119 e. The Kier molecular flexibility index (Phi) is 3.25. The van der Waals surface area contributed by atoms with E-state index < -0.39 is 0 Å². The van der Waals surface area contributed by atoms with Crippen LogP contribution >= 0.6 is 15.9 Å². The van der Waals surface area contributed by atoms with Crippen LogP contribution in [-0.2, 0) is 6.54 Å². The topological polar surface area (TPSA) is 27.1 Å². The van der Waals surface area contributed by atoms with E-state index in [0.29, 0.717) is 0 Å². The van der Waals surface area contributed by atoms with E-state index in [2.05, 4.69) is 33.3 Å². The standard InChI is InChI=1S/C15H13BrN2O/c1-19-12-5-2-4-11(8-12)9-18-10-13-14(16)6-3-7-15(13)17-18/h2-8,10H,9H2,1H3. The van der Waals surface area contributed by atoms with Crippen LogP contribution < -0.4 is 4.74 Å². The van der Waals surface area contributed by atoms with Gasteiger partial charge in [0, 0.05) is 16.1 Å². The van der Waals surface area contributed by atoms with Gasteiger partial charge in [-0.15, -0.1) is 0 Å². The summed E-state index contributed by atoms with van der Waals surface area (Å²) >= 11 is 3.55. The molecule has 0 N–H and O–H groups in total. The van der Waals surface area contributed by atoms with Crippen LogP contribution in [0.3, 0.4) is 0 Å². The Morgan fingerprint density at radius 1 is 1.21 bits per heavy atom. The second-order valence-electron chi connectivity index (χ2n) is 4.35. The monoisotopic (exact) mass is 316 g/mol. The van der Waals surface area contributed by atoms with Gasteiger partial charge in [0.15, 0.2) is 0 Å². The molecule has 19 heavy (non-hydrogen) atoms. The lowest BCUT2D eigenvalue weighted by Crippen LogP contribution is -2.00. The maximum Gasteiger partial charge on any atom is 0.119 e. The van der Waals surface area contributed by atoms with Crippen molar-refractivity contribution in [1.29, 1.82) is 0 Å². The summed E-state index contributed by atoms with van der Waals surface area (Å²) in [5, 5.41) is 5.70. The van der Waals surface area contributed by atoms with Crippen LogP contribution in [0.5, 0.6) is 5.75 Å². The average Bonchev–Trinajstić information content (AvgIpc) is 2.83. The molecule has 0 aliphatic carbocycles. The molecular formula is C15H13BrN2O. The largest absolute Gasteiger partial charge is 0.497 e. The second kappa shape index (κ2) is 5.05. The molecule has 0 aliphatic heterocycles. The summed E-state index contributed by atoms with van der Waals surface area (Å²) in [5.74, 6) is 0.871. The molecule has 4 heteroatoms. The van der Waals surface area contributed by atoms with Crippen LogP contribution in [0.4, 0.5) is 0 Å². The lowest BCUT2D eigenvalue weighted by Gasteiger charge is -2.04. The van der Waals surface area contributed by atoms with Gasteiger partial charge in [-0.05, 0) is 29.8 Å². The molecule has 0 saturated heterocycles. The molecule has 3 nitrogen and oxygen atoms in total. The lowest BCUT2D eigenvalue weighted by molar-refractivity contribution is 0.414. The van der Waals surface area contributed by atoms with Crippen molar-refractivity contribution in [3.8, 4) is 5.75 Å². The number of hydrogen-bond acceptors (Lipinski definition) is 2. The number of hydrogen-bond donors (Lipinski definition) is 0. The zero-order valence-electron chi connectivity index (χ0n) is 10.5. The lowest BCUT2D eigenvalue weighted by atomic mass is 10.2. The summed E-state index contributed by atoms with van der Waals surface area (Å²) in [6.45, 7) is 0.734. The third-order valence-electron chi connectivity index (χ3n) is 3.02. The predicted octanol–water partition coefficient (Wildman–Crippen LogP) is 3.86.